The molecule has 8 nitrogen and oxygen atoms in total. The predicted octanol–water partition coefficient (Wildman–Crippen LogP) is 4.81. The maximum Gasteiger partial charge on any atom is 0.278 e. The molecule has 2 amide bonds. The number of carbonyl (C=O) groups excluding carboxylic acids is 2. The first-order chi connectivity index (χ1) is 17.0. The Labute approximate surface area is 215 Å². The van der Waals surface area contributed by atoms with E-state index >= 15 is 0 Å². The zero-order valence-electron chi connectivity index (χ0n) is 18.3. The number of morpholine rings is 1. The minimum Gasteiger partial charge on any atom is -0.370 e. The molecule has 1 aliphatic rings. The van der Waals surface area contributed by atoms with Gasteiger partial charge in [-0.05, 0) is 48.5 Å². The normalized spacial score (nSPS) is 13.8. The summed E-state index contributed by atoms with van der Waals surface area (Å²) in [6, 6.07) is 14.6. The summed E-state index contributed by atoms with van der Waals surface area (Å²) < 4.78 is 8.58. The fraction of sp³-hybridized carbons (Fsp3) is 0.167. The van der Waals surface area contributed by atoms with E-state index in [-0.39, 0.29) is 25.0 Å². The Hall–Kier alpha value is -3.24. The molecule has 178 valence electrons. The van der Waals surface area contributed by atoms with Gasteiger partial charge in [0.25, 0.3) is 11.8 Å². The molecule has 1 saturated heterocycles. The number of benzene rings is 1. The van der Waals surface area contributed by atoms with Crippen molar-refractivity contribution in [3.8, 4) is 16.9 Å². The molecule has 1 aromatic carbocycles. The predicted molar refractivity (Wildman–Crippen MR) is 135 cm³/mol. The standard InChI is InChI=1S/C24H19Cl2N5O3S/c25-21-6-5-20(35-21)24(33)30(26)13-17-14-31(28-23(17)16-7-9-27-10-8-16)19-3-1-18(2-4-19)29-11-12-34-15-22(29)32/h1-10,14H,11-13,15H2. The highest BCUT2D eigenvalue weighted by Crippen LogP contribution is 2.28. The highest BCUT2D eigenvalue weighted by molar-refractivity contribution is 7.18. The second-order valence-corrected chi connectivity index (χ2v) is 9.85. The van der Waals surface area contributed by atoms with Crippen LogP contribution in [0.1, 0.15) is 15.2 Å². The van der Waals surface area contributed by atoms with Crippen LogP contribution in [0.15, 0.2) is 67.1 Å². The van der Waals surface area contributed by atoms with E-state index in [1.807, 2.05) is 42.6 Å². The van der Waals surface area contributed by atoms with Gasteiger partial charge in [0.15, 0.2) is 0 Å². The lowest BCUT2D eigenvalue weighted by molar-refractivity contribution is -0.125. The number of rotatable bonds is 6. The molecule has 3 aromatic heterocycles. The van der Waals surface area contributed by atoms with Crippen molar-refractivity contribution in [3.63, 3.8) is 0 Å². The first-order valence-corrected chi connectivity index (χ1v) is 12.2. The van der Waals surface area contributed by atoms with E-state index in [1.54, 1.807) is 34.1 Å². The molecule has 1 aliphatic heterocycles. The van der Waals surface area contributed by atoms with Gasteiger partial charge in [0.05, 0.1) is 33.7 Å². The van der Waals surface area contributed by atoms with Crippen LogP contribution in [0, 0.1) is 0 Å². The molecule has 0 saturated carbocycles. The van der Waals surface area contributed by atoms with Crippen molar-refractivity contribution >= 4 is 52.2 Å². The average molecular weight is 528 g/mol. The van der Waals surface area contributed by atoms with Gasteiger partial charge in [-0.1, -0.05) is 11.6 Å². The zero-order valence-corrected chi connectivity index (χ0v) is 20.6. The number of anilines is 1. The van der Waals surface area contributed by atoms with Gasteiger partial charge in [-0.15, -0.1) is 11.3 Å². The molecular weight excluding hydrogens is 509 g/mol. The topological polar surface area (TPSA) is 80.6 Å². The van der Waals surface area contributed by atoms with E-state index in [1.165, 1.54) is 11.3 Å². The maximum absolute atomic E-state index is 12.8. The molecule has 0 unspecified atom stereocenters. The van der Waals surface area contributed by atoms with Gasteiger partial charge < -0.3 is 9.64 Å². The Bertz CT molecular complexity index is 1360. The fourth-order valence-electron chi connectivity index (χ4n) is 3.76. The van der Waals surface area contributed by atoms with Crippen molar-refractivity contribution in [2.75, 3.05) is 24.7 Å². The molecule has 0 radical (unpaired) electrons. The van der Waals surface area contributed by atoms with Crippen LogP contribution in [0.4, 0.5) is 5.69 Å². The molecule has 4 heterocycles. The molecule has 0 atom stereocenters. The number of hydrogen-bond acceptors (Lipinski definition) is 6. The molecule has 0 bridgehead atoms. The second kappa shape index (κ2) is 10.2. The summed E-state index contributed by atoms with van der Waals surface area (Å²) >= 11 is 13.5. The van der Waals surface area contributed by atoms with Crippen LogP contribution >= 0.6 is 34.7 Å². The highest BCUT2D eigenvalue weighted by Gasteiger charge is 2.22. The van der Waals surface area contributed by atoms with Crippen molar-refractivity contribution in [1.82, 2.24) is 19.2 Å². The van der Waals surface area contributed by atoms with Crippen LogP contribution in [0.2, 0.25) is 4.34 Å². The largest absolute Gasteiger partial charge is 0.370 e. The van der Waals surface area contributed by atoms with Gasteiger partial charge in [-0.2, -0.15) is 5.10 Å². The molecule has 0 spiro atoms. The van der Waals surface area contributed by atoms with Crippen molar-refractivity contribution in [3.05, 3.63) is 81.9 Å². The number of halogens is 2. The van der Waals surface area contributed by atoms with Crippen molar-refractivity contribution < 1.29 is 14.3 Å². The van der Waals surface area contributed by atoms with E-state index in [9.17, 15) is 9.59 Å². The Kier molecular flexibility index (Phi) is 6.83. The lowest BCUT2D eigenvalue weighted by atomic mass is 10.1. The van der Waals surface area contributed by atoms with Crippen LogP contribution in [0.3, 0.4) is 0 Å². The van der Waals surface area contributed by atoms with Gasteiger partial charge in [-0.25, -0.2) is 9.10 Å². The Morgan fingerprint density at radius 1 is 1.09 bits per heavy atom. The van der Waals surface area contributed by atoms with Gasteiger partial charge in [0.2, 0.25) is 0 Å². The van der Waals surface area contributed by atoms with E-state index in [4.69, 9.17) is 33.2 Å². The molecule has 1 fully saturated rings. The molecule has 0 N–H and O–H groups in total. The summed E-state index contributed by atoms with van der Waals surface area (Å²) in [6.45, 7) is 1.25. The minimum absolute atomic E-state index is 0.0655. The van der Waals surface area contributed by atoms with E-state index < -0.39 is 0 Å². The van der Waals surface area contributed by atoms with Gasteiger partial charge in [0.1, 0.15) is 6.61 Å². The molecular formula is C24H19Cl2N5O3S. The minimum atomic E-state index is -0.337. The number of aromatic nitrogens is 3. The number of nitrogens with zero attached hydrogens (tertiary/aromatic N) is 5. The van der Waals surface area contributed by atoms with Gasteiger partial charge >= 0.3 is 0 Å². The summed E-state index contributed by atoms with van der Waals surface area (Å²) in [5.74, 6) is -0.402. The molecule has 0 aliphatic carbocycles. The molecule has 35 heavy (non-hydrogen) atoms. The third kappa shape index (κ3) is 5.08. The zero-order chi connectivity index (χ0) is 24.4. The quantitative estimate of drug-likeness (QED) is 0.336. The summed E-state index contributed by atoms with van der Waals surface area (Å²) in [5, 5.41) is 4.77. The first kappa shape index (κ1) is 23.5. The van der Waals surface area contributed by atoms with Crippen molar-refractivity contribution in [2.45, 2.75) is 6.54 Å². The Morgan fingerprint density at radius 2 is 1.83 bits per heavy atom. The van der Waals surface area contributed by atoms with Crippen LogP contribution in [-0.4, -0.2) is 50.8 Å². The van der Waals surface area contributed by atoms with E-state index in [0.29, 0.717) is 28.1 Å². The van der Waals surface area contributed by atoms with Crippen LogP contribution < -0.4 is 4.90 Å². The fourth-order valence-corrected chi connectivity index (χ4v) is 5.02. The van der Waals surface area contributed by atoms with E-state index in [0.717, 1.165) is 26.9 Å². The second-order valence-electron chi connectivity index (χ2n) is 7.73. The highest BCUT2D eigenvalue weighted by atomic mass is 35.5. The maximum atomic E-state index is 12.8. The Morgan fingerprint density at radius 3 is 2.51 bits per heavy atom. The number of hydrogen-bond donors (Lipinski definition) is 0. The summed E-state index contributed by atoms with van der Waals surface area (Å²) in [7, 11) is 0. The Balaban J connectivity index is 1.44. The van der Waals surface area contributed by atoms with Gasteiger partial charge in [-0.3, -0.25) is 14.6 Å². The third-order valence-electron chi connectivity index (χ3n) is 5.47. The van der Waals surface area contributed by atoms with Crippen LogP contribution in [-0.2, 0) is 16.1 Å². The SMILES string of the molecule is O=C(c1ccc(Cl)s1)N(Cl)Cc1cn(-c2ccc(N3CCOCC3=O)cc2)nc1-c1ccncc1. The number of ether oxygens (including phenoxy) is 1. The van der Waals surface area contributed by atoms with Crippen LogP contribution in [0.25, 0.3) is 16.9 Å². The summed E-state index contributed by atoms with van der Waals surface area (Å²) in [4.78, 5) is 31.2. The number of carbonyl (C=O) groups is 2. The number of pyridine rings is 1. The van der Waals surface area contributed by atoms with Crippen LogP contribution in [0.5, 0.6) is 0 Å². The number of thiophene rings is 1. The first-order valence-electron chi connectivity index (χ1n) is 10.7. The molecule has 11 heteroatoms. The summed E-state index contributed by atoms with van der Waals surface area (Å²) in [6.07, 6.45) is 5.21. The molecule has 5 rings (SSSR count). The lowest BCUT2D eigenvalue weighted by Gasteiger charge is -2.26. The van der Waals surface area contributed by atoms with Crippen molar-refractivity contribution in [1.29, 1.82) is 0 Å². The third-order valence-corrected chi connectivity index (χ3v) is 6.96. The monoisotopic (exact) mass is 527 g/mol. The smallest absolute Gasteiger partial charge is 0.278 e. The van der Waals surface area contributed by atoms with Crippen molar-refractivity contribution in [2.24, 2.45) is 0 Å². The van der Waals surface area contributed by atoms with Gasteiger partial charge in [0, 0.05) is 53.7 Å². The molecule has 4 aromatic rings. The summed E-state index contributed by atoms with van der Waals surface area (Å²) in [5.41, 5.74) is 3.89. The number of amides is 2. The lowest BCUT2D eigenvalue weighted by Crippen LogP contribution is -2.41. The van der Waals surface area contributed by atoms with E-state index in [2.05, 4.69) is 4.98 Å². The average Bonchev–Trinajstić information content (AvgIpc) is 3.51.